The highest BCUT2D eigenvalue weighted by molar-refractivity contribution is 5.78. The van der Waals surface area contributed by atoms with Gasteiger partial charge in [-0.15, -0.1) is 0 Å². The Labute approximate surface area is 123 Å². The highest BCUT2D eigenvalue weighted by Gasteiger charge is 2.40. The van der Waals surface area contributed by atoms with Crippen LogP contribution >= 0.6 is 0 Å². The predicted octanol–water partition coefficient (Wildman–Crippen LogP) is 0.338. The number of hydrogen-bond donors (Lipinski definition) is 1. The van der Waals surface area contributed by atoms with E-state index in [0.29, 0.717) is 13.0 Å². The van der Waals surface area contributed by atoms with Crippen LogP contribution in [0.5, 0.6) is 0 Å². The van der Waals surface area contributed by atoms with Crippen LogP contribution in [0.25, 0.3) is 0 Å². The summed E-state index contributed by atoms with van der Waals surface area (Å²) in [6.45, 7) is 0.615. The van der Waals surface area contributed by atoms with Gasteiger partial charge in [0, 0.05) is 6.54 Å². The molecule has 1 saturated heterocycles. The molecule has 0 amide bonds. The van der Waals surface area contributed by atoms with Gasteiger partial charge in [0.2, 0.25) is 0 Å². The second kappa shape index (κ2) is 7.19. The lowest BCUT2D eigenvalue weighted by atomic mass is 10.2. The van der Waals surface area contributed by atoms with Gasteiger partial charge in [0.25, 0.3) is 0 Å². The molecule has 2 rings (SSSR count). The molecule has 0 bridgehead atoms. The van der Waals surface area contributed by atoms with Crippen molar-refractivity contribution in [3.05, 3.63) is 35.9 Å². The molecule has 0 saturated carbocycles. The normalized spacial score (nSPS) is 22.0. The Morgan fingerprint density at radius 3 is 2.71 bits per heavy atom. The molecular formula is C15H19NO5. The van der Waals surface area contributed by atoms with Crippen molar-refractivity contribution in [2.45, 2.75) is 25.2 Å². The summed E-state index contributed by atoms with van der Waals surface area (Å²) >= 11 is 0. The van der Waals surface area contributed by atoms with E-state index >= 15 is 0 Å². The number of likely N-dealkylation sites (tertiary alicyclic amines) is 1. The number of methoxy groups -OCH3 is 1. The summed E-state index contributed by atoms with van der Waals surface area (Å²) < 4.78 is 9.83. The van der Waals surface area contributed by atoms with Crippen molar-refractivity contribution < 1.29 is 24.2 Å². The van der Waals surface area contributed by atoms with Gasteiger partial charge in [0.15, 0.2) is 0 Å². The molecule has 1 aliphatic rings. The third-order valence-corrected chi connectivity index (χ3v) is 3.49. The van der Waals surface area contributed by atoms with Gasteiger partial charge in [-0.1, -0.05) is 30.3 Å². The first-order valence-corrected chi connectivity index (χ1v) is 6.81. The summed E-state index contributed by atoms with van der Waals surface area (Å²) in [5, 5.41) is 9.79. The molecule has 1 aromatic carbocycles. The van der Waals surface area contributed by atoms with E-state index in [9.17, 15) is 14.7 Å². The minimum atomic E-state index is -0.806. The zero-order chi connectivity index (χ0) is 15.2. The molecule has 21 heavy (non-hydrogen) atoms. The number of nitrogens with zero attached hydrogens (tertiary/aromatic N) is 1. The van der Waals surface area contributed by atoms with Crippen LogP contribution in [0.2, 0.25) is 0 Å². The number of aliphatic hydroxyl groups is 1. The lowest BCUT2D eigenvalue weighted by molar-refractivity contribution is -0.152. The molecule has 0 spiro atoms. The van der Waals surface area contributed by atoms with Gasteiger partial charge >= 0.3 is 11.9 Å². The van der Waals surface area contributed by atoms with Crippen molar-refractivity contribution >= 4 is 11.9 Å². The van der Waals surface area contributed by atoms with Crippen molar-refractivity contribution in [3.63, 3.8) is 0 Å². The third-order valence-electron chi connectivity index (χ3n) is 3.49. The van der Waals surface area contributed by atoms with Crippen LogP contribution in [-0.2, 0) is 25.7 Å². The summed E-state index contributed by atoms with van der Waals surface area (Å²) in [4.78, 5) is 25.0. The SMILES string of the molecule is COC(=O)[C@H]1[C@@H](O)CCN1CC(=O)OCc1ccccc1. The first kappa shape index (κ1) is 15.5. The van der Waals surface area contributed by atoms with E-state index in [1.165, 1.54) is 7.11 Å². The number of esters is 2. The van der Waals surface area contributed by atoms with Crippen LogP contribution in [0.3, 0.4) is 0 Å². The average molecular weight is 293 g/mol. The highest BCUT2D eigenvalue weighted by Crippen LogP contribution is 2.19. The number of carbonyl (C=O) groups excluding carboxylic acids is 2. The van der Waals surface area contributed by atoms with E-state index in [0.717, 1.165) is 5.56 Å². The molecule has 1 aliphatic heterocycles. The number of hydrogen-bond acceptors (Lipinski definition) is 6. The molecule has 1 N–H and O–H groups in total. The first-order valence-electron chi connectivity index (χ1n) is 6.81. The molecule has 1 heterocycles. The number of benzene rings is 1. The number of ether oxygens (including phenoxy) is 2. The van der Waals surface area contributed by atoms with E-state index in [1.54, 1.807) is 4.90 Å². The van der Waals surface area contributed by atoms with Gasteiger partial charge in [-0.05, 0) is 12.0 Å². The maximum absolute atomic E-state index is 11.8. The van der Waals surface area contributed by atoms with Gasteiger partial charge < -0.3 is 14.6 Å². The lowest BCUT2D eigenvalue weighted by Gasteiger charge is -2.22. The summed E-state index contributed by atoms with van der Waals surface area (Å²) in [5.41, 5.74) is 0.900. The Kier molecular flexibility index (Phi) is 5.30. The Morgan fingerprint density at radius 2 is 2.05 bits per heavy atom. The van der Waals surface area contributed by atoms with Crippen molar-refractivity contribution in [2.75, 3.05) is 20.2 Å². The Balaban J connectivity index is 1.85. The van der Waals surface area contributed by atoms with Crippen molar-refractivity contribution in [1.82, 2.24) is 4.90 Å². The minimum absolute atomic E-state index is 0.0380. The van der Waals surface area contributed by atoms with Crippen LogP contribution in [0.1, 0.15) is 12.0 Å². The average Bonchev–Trinajstić information content (AvgIpc) is 2.86. The number of aliphatic hydroxyl groups excluding tert-OH is 1. The van der Waals surface area contributed by atoms with Gasteiger partial charge in [0.05, 0.1) is 19.8 Å². The van der Waals surface area contributed by atoms with Gasteiger partial charge in [-0.2, -0.15) is 0 Å². The summed E-state index contributed by atoms with van der Waals surface area (Å²) in [7, 11) is 1.26. The molecule has 0 aliphatic carbocycles. The van der Waals surface area contributed by atoms with Crippen molar-refractivity contribution in [3.8, 4) is 0 Å². The maximum Gasteiger partial charge on any atom is 0.325 e. The molecule has 0 unspecified atom stereocenters. The number of carbonyl (C=O) groups is 2. The Hall–Kier alpha value is -1.92. The molecule has 1 fully saturated rings. The third kappa shape index (κ3) is 4.03. The van der Waals surface area contributed by atoms with E-state index in [1.807, 2.05) is 30.3 Å². The molecule has 6 heteroatoms. The summed E-state index contributed by atoms with van der Waals surface area (Å²) in [6.07, 6.45) is -0.370. The van der Waals surface area contributed by atoms with Crippen LogP contribution < -0.4 is 0 Å². The van der Waals surface area contributed by atoms with E-state index in [2.05, 4.69) is 4.74 Å². The van der Waals surface area contributed by atoms with Crippen molar-refractivity contribution in [1.29, 1.82) is 0 Å². The summed E-state index contributed by atoms with van der Waals surface area (Å²) in [5.74, 6) is -0.960. The van der Waals surface area contributed by atoms with Gasteiger partial charge in [-0.3, -0.25) is 14.5 Å². The monoisotopic (exact) mass is 293 g/mol. The minimum Gasteiger partial charge on any atom is -0.468 e. The topological polar surface area (TPSA) is 76.1 Å². The van der Waals surface area contributed by atoms with E-state index in [4.69, 9.17) is 4.74 Å². The Bertz CT molecular complexity index is 490. The first-order chi connectivity index (χ1) is 10.1. The summed E-state index contributed by atoms with van der Waals surface area (Å²) in [6, 6.07) is 8.56. The molecule has 114 valence electrons. The maximum atomic E-state index is 11.8. The predicted molar refractivity (Wildman–Crippen MR) is 74.2 cm³/mol. The fourth-order valence-electron chi connectivity index (χ4n) is 2.39. The van der Waals surface area contributed by atoms with Crippen LogP contribution in [0, 0.1) is 0 Å². The molecular weight excluding hydrogens is 274 g/mol. The molecule has 0 aromatic heterocycles. The van der Waals surface area contributed by atoms with Crippen LogP contribution in [0.4, 0.5) is 0 Å². The van der Waals surface area contributed by atoms with Gasteiger partial charge in [-0.25, -0.2) is 0 Å². The second-order valence-corrected chi connectivity index (χ2v) is 4.94. The standard InChI is InChI=1S/C15H19NO5/c1-20-15(19)14-12(17)7-8-16(14)9-13(18)21-10-11-5-3-2-4-6-11/h2-6,12,14,17H,7-10H2,1H3/t12-,14+/m0/s1. The van der Waals surface area contributed by atoms with Crippen LogP contribution in [0.15, 0.2) is 30.3 Å². The zero-order valence-electron chi connectivity index (χ0n) is 11.9. The highest BCUT2D eigenvalue weighted by atomic mass is 16.5. The van der Waals surface area contributed by atoms with E-state index < -0.39 is 24.1 Å². The fraction of sp³-hybridized carbons (Fsp3) is 0.467. The van der Waals surface area contributed by atoms with E-state index in [-0.39, 0.29) is 13.2 Å². The smallest absolute Gasteiger partial charge is 0.325 e. The van der Waals surface area contributed by atoms with Gasteiger partial charge in [0.1, 0.15) is 12.6 Å². The lowest BCUT2D eigenvalue weighted by Crippen LogP contribution is -2.45. The second-order valence-electron chi connectivity index (χ2n) is 4.94. The number of rotatable bonds is 5. The molecule has 0 radical (unpaired) electrons. The van der Waals surface area contributed by atoms with Crippen LogP contribution in [-0.4, -0.2) is 54.3 Å². The Morgan fingerprint density at radius 1 is 1.33 bits per heavy atom. The quantitative estimate of drug-likeness (QED) is 0.789. The fourth-order valence-corrected chi connectivity index (χ4v) is 2.39. The molecule has 1 aromatic rings. The zero-order valence-corrected chi connectivity index (χ0v) is 11.9. The van der Waals surface area contributed by atoms with Crippen molar-refractivity contribution in [2.24, 2.45) is 0 Å². The molecule has 6 nitrogen and oxygen atoms in total. The molecule has 2 atom stereocenters. The largest absolute Gasteiger partial charge is 0.468 e.